The smallest absolute Gasteiger partial charge is 0.507 e. The molecule has 2 aromatic carbocycles. The third-order valence-corrected chi connectivity index (χ3v) is 8.97. The van der Waals surface area contributed by atoms with Gasteiger partial charge in [-0.15, -0.1) is 0 Å². The maximum Gasteiger partial charge on any atom is 0.528 e. The van der Waals surface area contributed by atoms with Crippen molar-refractivity contribution in [2.24, 2.45) is 5.92 Å². The lowest BCUT2D eigenvalue weighted by atomic mass is 9.73. The second-order valence-corrected chi connectivity index (χ2v) is 12.5. The molecule has 8 heteroatoms. The predicted molar refractivity (Wildman–Crippen MR) is 156 cm³/mol. The molecule has 216 valence electrons. The molecule has 0 saturated heterocycles. The molecule has 0 bridgehead atoms. The fourth-order valence-electron chi connectivity index (χ4n) is 5.59. The molecule has 0 amide bonds. The molecule has 0 aliphatic heterocycles. The maximum atomic E-state index is 13.7. The molecule has 2 N–H and O–H groups in total. The number of phosphoric ester groups is 1. The van der Waals surface area contributed by atoms with Crippen molar-refractivity contribution >= 4 is 13.8 Å². The van der Waals surface area contributed by atoms with E-state index in [0.717, 1.165) is 49.7 Å². The third kappa shape index (κ3) is 7.06. The van der Waals surface area contributed by atoms with Gasteiger partial charge in [0.15, 0.2) is 5.60 Å². The standard InChI is InChI=1S/C32H41O7P/c1-5-6-8-12-24-20-28(33)30(27-19-23(4)15-16-26(27)22(2)3)29(21-24)37-31(34)32(17-11-18-32)39-40(35,36)38-25-13-9-7-10-14-25/h7,9-10,13-14,19-21,26-27,33H,2,5-6,8,11-12,15-18H2,1,3-4H3,(H,35,36)/t26-,27+/m0/s1. The van der Waals surface area contributed by atoms with Crippen LogP contribution in [-0.2, 0) is 20.3 Å². The van der Waals surface area contributed by atoms with Gasteiger partial charge in [-0.05, 0) is 94.5 Å². The first-order valence-corrected chi connectivity index (χ1v) is 15.7. The lowest BCUT2D eigenvalue weighted by molar-refractivity contribution is -0.162. The number of ether oxygens (including phenoxy) is 1. The minimum absolute atomic E-state index is 0.0721. The van der Waals surface area contributed by atoms with Crippen molar-refractivity contribution in [2.45, 2.75) is 90.1 Å². The third-order valence-electron chi connectivity index (χ3n) is 7.95. The Labute approximate surface area is 237 Å². The van der Waals surface area contributed by atoms with E-state index in [4.69, 9.17) is 13.8 Å². The van der Waals surface area contributed by atoms with E-state index in [1.54, 1.807) is 24.3 Å². The summed E-state index contributed by atoms with van der Waals surface area (Å²) in [7, 11) is -4.64. The Hall–Kier alpha value is -2.86. The van der Waals surface area contributed by atoms with E-state index in [1.165, 1.54) is 17.7 Å². The molecule has 0 spiro atoms. The largest absolute Gasteiger partial charge is 0.528 e. The number of rotatable bonds is 12. The highest BCUT2D eigenvalue weighted by atomic mass is 31.2. The number of aromatic hydroxyl groups is 1. The molecule has 3 atom stereocenters. The van der Waals surface area contributed by atoms with E-state index in [9.17, 15) is 19.4 Å². The zero-order chi connectivity index (χ0) is 28.9. The normalized spacial score (nSPS) is 21.4. The molecular formula is C32H41O7P. The highest BCUT2D eigenvalue weighted by Gasteiger charge is 2.53. The molecule has 2 aromatic rings. The first kappa shape index (κ1) is 30.1. The van der Waals surface area contributed by atoms with Crippen molar-refractivity contribution in [1.82, 2.24) is 0 Å². The lowest BCUT2D eigenvalue weighted by Crippen LogP contribution is -2.49. The number of phenols is 1. The second kappa shape index (κ2) is 12.8. The molecule has 1 unspecified atom stereocenters. The number of hydrogen-bond acceptors (Lipinski definition) is 6. The van der Waals surface area contributed by atoms with Crippen LogP contribution in [0.2, 0.25) is 0 Å². The van der Waals surface area contributed by atoms with Crippen LogP contribution in [-0.4, -0.2) is 21.6 Å². The topological polar surface area (TPSA) is 102 Å². The highest BCUT2D eigenvalue weighted by Crippen LogP contribution is 2.54. The highest BCUT2D eigenvalue weighted by molar-refractivity contribution is 7.47. The van der Waals surface area contributed by atoms with Gasteiger partial charge in [0.05, 0.1) is 0 Å². The van der Waals surface area contributed by atoms with Crippen LogP contribution >= 0.6 is 7.82 Å². The van der Waals surface area contributed by atoms with E-state index >= 15 is 0 Å². The summed E-state index contributed by atoms with van der Waals surface area (Å²) in [6, 6.07) is 11.8. The lowest BCUT2D eigenvalue weighted by Gasteiger charge is -2.39. The molecule has 1 fully saturated rings. The quantitative estimate of drug-likeness (QED) is 0.0875. The first-order chi connectivity index (χ1) is 19.0. The molecular weight excluding hydrogens is 527 g/mol. The Bertz CT molecular complexity index is 1300. The van der Waals surface area contributed by atoms with Gasteiger partial charge in [-0.1, -0.05) is 61.8 Å². The number of unbranched alkanes of at least 4 members (excludes halogenated alkanes) is 2. The van der Waals surface area contributed by atoms with Gasteiger partial charge in [-0.2, -0.15) is 0 Å². The first-order valence-electron chi connectivity index (χ1n) is 14.2. The number of para-hydroxylation sites is 1. The Morgan fingerprint density at radius 2 is 1.90 bits per heavy atom. The summed E-state index contributed by atoms with van der Waals surface area (Å²) >= 11 is 0. The van der Waals surface area contributed by atoms with Gasteiger partial charge >= 0.3 is 13.8 Å². The number of allylic oxidation sites excluding steroid dienone is 3. The van der Waals surface area contributed by atoms with Gasteiger partial charge in [0.25, 0.3) is 0 Å². The number of phenolic OH excluding ortho intramolecular Hbond substituents is 1. The summed E-state index contributed by atoms with van der Waals surface area (Å²) in [5.41, 5.74) is 1.97. The Morgan fingerprint density at radius 3 is 2.52 bits per heavy atom. The zero-order valence-corrected chi connectivity index (χ0v) is 24.6. The van der Waals surface area contributed by atoms with Crippen LogP contribution in [0.15, 0.2) is 66.3 Å². The molecule has 0 aromatic heterocycles. The van der Waals surface area contributed by atoms with Crippen molar-refractivity contribution in [3.63, 3.8) is 0 Å². The molecule has 0 radical (unpaired) electrons. The Morgan fingerprint density at radius 1 is 1.18 bits per heavy atom. The molecule has 1 saturated carbocycles. The monoisotopic (exact) mass is 568 g/mol. The summed E-state index contributed by atoms with van der Waals surface area (Å²) in [5, 5.41) is 11.3. The molecule has 0 heterocycles. The fraction of sp³-hybridized carbons (Fsp3) is 0.469. The van der Waals surface area contributed by atoms with Gasteiger partial charge < -0.3 is 14.4 Å². The molecule has 4 rings (SSSR count). The predicted octanol–water partition coefficient (Wildman–Crippen LogP) is 8.17. The minimum atomic E-state index is -4.64. The van der Waals surface area contributed by atoms with Crippen LogP contribution in [0.25, 0.3) is 0 Å². The van der Waals surface area contributed by atoms with Crippen molar-refractivity contribution in [3.05, 3.63) is 77.4 Å². The number of hydrogen-bond donors (Lipinski definition) is 2. The molecule has 40 heavy (non-hydrogen) atoms. The summed E-state index contributed by atoms with van der Waals surface area (Å²) in [5.74, 6) is -0.424. The Kier molecular flexibility index (Phi) is 9.60. The van der Waals surface area contributed by atoms with Crippen LogP contribution in [0, 0.1) is 5.92 Å². The average Bonchev–Trinajstić information content (AvgIpc) is 2.86. The fourth-order valence-corrected chi connectivity index (χ4v) is 6.72. The minimum Gasteiger partial charge on any atom is -0.507 e. The number of phosphoric acid groups is 1. The summed E-state index contributed by atoms with van der Waals surface area (Å²) in [6.45, 7) is 10.4. The summed E-state index contributed by atoms with van der Waals surface area (Å²) in [4.78, 5) is 24.2. The van der Waals surface area contributed by atoms with Crippen LogP contribution in [0.1, 0.15) is 89.2 Å². The van der Waals surface area contributed by atoms with E-state index in [1.807, 2.05) is 13.0 Å². The Balaban J connectivity index is 1.67. The van der Waals surface area contributed by atoms with Gasteiger partial charge in [0.2, 0.25) is 0 Å². The number of carbonyl (C=O) groups excluding carboxylic acids is 1. The summed E-state index contributed by atoms with van der Waals surface area (Å²) in [6.07, 6.45) is 8.80. The van der Waals surface area contributed by atoms with Gasteiger partial charge in [-0.25, -0.2) is 9.36 Å². The number of carbonyl (C=O) groups is 1. The maximum absolute atomic E-state index is 13.7. The number of aryl methyl sites for hydroxylation is 1. The van der Waals surface area contributed by atoms with Crippen LogP contribution in [0.5, 0.6) is 17.2 Å². The van der Waals surface area contributed by atoms with E-state index < -0.39 is 19.4 Å². The SMILES string of the molecule is C=C(C)[C@@H]1CCC(C)=C[C@H]1c1c(O)cc(CCCCC)cc1OC(=O)C1(OP(=O)(O)Oc2ccccc2)CCC1. The molecule has 2 aliphatic rings. The van der Waals surface area contributed by atoms with Crippen molar-refractivity contribution < 1.29 is 33.1 Å². The van der Waals surface area contributed by atoms with Crippen LogP contribution in [0.4, 0.5) is 0 Å². The second-order valence-electron chi connectivity index (χ2n) is 11.2. The molecule has 7 nitrogen and oxygen atoms in total. The van der Waals surface area contributed by atoms with Crippen LogP contribution < -0.4 is 9.26 Å². The van der Waals surface area contributed by atoms with Crippen molar-refractivity contribution in [3.8, 4) is 17.2 Å². The summed E-state index contributed by atoms with van der Waals surface area (Å²) < 4.78 is 29.7. The number of esters is 1. The van der Waals surface area contributed by atoms with E-state index in [-0.39, 0.29) is 41.9 Å². The number of benzene rings is 2. The van der Waals surface area contributed by atoms with Crippen molar-refractivity contribution in [2.75, 3.05) is 0 Å². The van der Waals surface area contributed by atoms with E-state index in [2.05, 4.69) is 26.5 Å². The average molecular weight is 569 g/mol. The van der Waals surface area contributed by atoms with Gasteiger partial charge in [0, 0.05) is 11.5 Å². The van der Waals surface area contributed by atoms with Gasteiger partial charge in [-0.3, -0.25) is 9.42 Å². The molecule has 2 aliphatic carbocycles. The zero-order valence-electron chi connectivity index (χ0n) is 23.7. The van der Waals surface area contributed by atoms with Crippen molar-refractivity contribution in [1.29, 1.82) is 0 Å². The van der Waals surface area contributed by atoms with Gasteiger partial charge in [0.1, 0.15) is 17.2 Å². The van der Waals surface area contributed by atoms with E-state index in [0.29, 0.717) is 12.0 Å². The van der Waals surface area contributed by atoms with Crippen LogP contribution in [0.3, 0.4) is 0 Å².